The molecule has 0 aliphatic carbocycles. The molecule has 0 aliphatic rings. The minimum Gasteiger partial charge on any atom is -0.325 e. The molecule has 3 nitrogen and oxygen atoms in total. The molecule has 2 aromatic carbocycles. The maximum atomic E-state index is 12.2. The molecule has 0 spiro atoms. The summed E-state index contributed by atoms with van der Waals surface area (Å²) in [6.45, 7) is 6.23. The number of Topliss-reactive ketones (excluding diaryl/α,β-unsaturated/α-hetero) is 1. The Morgan fingerprint density at radius 1 is 1.04 bits per heavy atom. The zero-order chi connectivity index (χ0) is 17.5. The normalized spacial score (nSPS) is 10.7. The van der Waals surface area contributed by atoms with Gasteiger partial charge in [0.15, 0.2) is 5.78 Å². The third-order valence-corrected chi connectivity index (χ3v) is 4.60. The van der Waals surface area contributed by atoms with Gasteiger partial charge in [0.25, 0.3) is 0 Å². The highest BCUT2D eigenvalue weighted by Crippen LogP contribution is 2.16. The molecule has 0 unspecified atom stereocenters. The summed E-state index contributed by atoms with van der Waals surface area (Å²) < 4.78 is 0. The Hall–Kier alpha value is -2.07. The van der Waals surface area contributed by atoms with Crippen molar-refractivity contribution in [2.45, 2.75) is 26.7 Å². The van der Waals surface area contributed by atoms with Crippen molar-refractivity contribution in [3.05, 3.63) is 65.2 Å². The van der Waals surface area contributed by atoms with Crippen molar-refractivity contribution in [3.63, 3.8) is 0 Å². The summed E-state index contributed by atoms with van der Waals surface area (Å²) in [6, 6.07) is 15.4. The number of aryl methyl sites for hydroxylation is 1. The zero-order valence-electron chi connectivity index (χ0n) is 14.3. The van der Waals surface area contributed by atoms with Crippen LogP contribution < -0.4 is 5.32 Å². The third kappa shape index (κ3) is 5.53. The van der Waals surface area contributed by atoms with Gasteiger partial charge in [-0.15, -0.1) is 11.8 Å². The average Bonchev–Trinajstić information content (AvgIpc) is 2.54. The number of benzene rings is 2. The number of hydrogen-bond donors (Lipinski definition) is 1. The van der Waals surface area contributed by atoms with Crippen LogP contribution in [0.4, 0.5) is 5.69 Å². The quantitative estimate of drug-likeness (QED) is 0.744. The van der Waals surface area contributed by atoms with E-state index in [2.05, 4.69) is 19.2 Å². The lowest BCUT2D eigenvalue weighted by Gasteiger charge is -2.07. The van der Waals surface area contributed by atoms with Gasteiger partial charge in [-0.2, -0.15) is 0 Å². The van der Waals surface area contributed by atoms with E-state index in [9.17, 15) is 9.59 Å². The largest absolute Gasteiger partial charge is 0.325 e. The van der Waals surface area contributed by atoms with Crippen molar-refractivity contribution in [3.8, 4) is 0 Å². The second kappa shape index (κ2) is 8.69. The molecule has 0 saturated heterocycles. The fourth-order valence-corrected chi connectivity index (χ4v) is 3.01. The van der Waals surface area contributed by atoms with Crippen molar-refractivity contribution in [2.24, 2.45) is 0 Å². The number of carbonyl (C=O) groups is 2. The predicted molar refractivity (Wildman–Crippen MR) is 102 cm³/mol. The van der Waals surface area contributed by atoms with E-state index in [0.29, 0.717) is 17.2 Å². The lowest BCUT2D eigenvalue weighted by atomic mass is 10.0. The summed E-state index contributed by atoms with van der Waals surface area (Å²) >= 11 is 1.34. The predicted octanol–water partition coefficient (Wildman–Crippen LogP) is 4.67. The van der Waals surface area contributed by atoms with Crippen molar-refractivity contribution >= 4 is 29.1 Å². The van der Waals surface area contributed by atoms with Crippen LogP contribution in [0.2, 0.25) is 0 Å². The zero-order valence-corrected chi connectivity index (χ0v) is 15.2. The van der Waals surface area contributed by atoms with Crippen LogP contribution in [0, 0.1) is 6.92 Å². The summed E-state index contributed by atoms with van der Waals surface area (Å²) in [5.74, 6) is 0.993. The van der Waals surface area contributed by atoms with Gasteiger partial charge in [0.2, 0.25) is 5.91 Å². The molecule has 1 amide bonds. The molecule has 2 rings (SSSR count). The number of rotatable bonds is 7. The number of nitrogens with one attached hydrogen (secondary N) is 1. The Morgan fingerprint density at radius 2 is 1.75 bits per heavy atom. The molecular weight excluding hydrogens is 318 g/mol. The molecule has 4 heteroatoms. The number of anilines is 1. The molecule has 0 saturated carbocycles. The van der Waals surface area contributed by atoms with Gasteiger partial charge in [-0.3, -0.25) is 9.59 Å². The van der Waals surface area contributed by atoms with Crippen molar-refractivity contribution in [2.75, 3.05) is 16.8 Å². The van der Waals surface area contributed by atoms with E-state index in [1.807, 2.05) is 55.5 Å². The highest BCUT2D eigenvalue weighted by molar-refractivity contribution is 8.00. The van der Waals surface area contributed by atoms with Crippen LogP contribution in [0.25, 0.3) is 0 Å². The minimum atomic E-state index is -0.0893. The fraction of sp³-hybridized carbons (Fsp3) is 0.300. The van der Waals surface area contributed by atoms with Crippen molar-refractivity contribution < 1.29 is 9.59 Å². The minimum absolute atomic E-state index is 0.0543. The first-order valence-electron chi connectivity index (χ1n) is 8.03. The van der Waals surface area contributed by atoms with Gasteiger partial charge in [0.05, 0.1) is 11.5 Å². The van der Waals surface area contributed by atoms with Crippen LogP contribution in [-0.4, -0.2) is 23.2 Å². The second-order valence-corrected chi connectivity index (χ2v) is 7.10. The Labute approximate surface area is 147 Å². The highest BCUT2D eigenvalue weighted by atomic mass is 32.2. The van der Waals surface area contributed by atoms with E-state index in [1.165, 1.54) is 17.3 Å². The van der Waals surface area contributed by atoms with E-state index < -0.39 is 0 Å². The molecule has 0 fully saturated rings. The summed E-state index contributed by atoms with van der Waals surface area (Å²) in [5.41, 5.74) is 3.81. The lowest BCUT2D eigenvalue weighted by Crippen LogP contribution is -2.15. The molecule has 0 heterocycles. The molecule has 0 bridgehead atoms. The van der Waals surface area contributed by atoms with Crippen LogP contribution in [0.3, 0.4) is 0 Å². The summed E-state index contributed by atoms with van der Waals surface area (Å²) in [5, 5.41) is 2.85. The van der Waals surface area contributed by atoms with Crippen molar-refractivity contribution in [1.82, 2.24) is 0 Å². The molecule has 1 N–H and O–H groups in total. The molecule has 0 radical (unpaired) electrons. The number of hydrogen-bond acceptors (Lipinski definition) is 3. The van der Waals surface area contributed by atoms with Gasteiger partial charge >= 0.3 is 0 Å². The lowest BCUT2D eigenvalue weighted by molar-refractivity contribution is -0.113. The maximum absolute atomic E-state index is 12.2. The summed E-state index contributed by atoms with van der Waals surface area (Å²) in [6.07, 6.45) is 0. The smallest absolute Gasteiger partial charge is 0.234 e. The molecule has 126 valence electrons. The van der Waals surface area contributed by atoms with Crippen LogP contribution in [0.5, 0.6) is 0 Å². The Kier molecular flexibility index (Phi) is 6.62. The third-order valence-electron chi connectivity index (χ3n) is 3.67. The maximum Gasteiger partial charge on any atom is 0.234 e. The molecule has 0 aliphatic heterocycles. The van der Waals surface area contributed by atoms with Crippen LogP contribution in [0.15, 0.2) is 48.5 Å². The number of thioether (sulfide) groups is 1. The summed E-state index contributed by atoms with van der Waals surface area (Å²) in [4.78, 5) is 24.1. The Morgan fingerprint density at radius 3 is 2.38 bits per heavy atom. The first-order valence-corrected chi connectivity index (χ1v) is 9.18. The van der Waals surface area contributed by atoms with Crippen LogP contribution in [-0.2, 0) is 4.79 Å². The molecule has 2 aromatic rings. The Balaban J connectivity index is 1.78. The van der Waals surface area contributed by atoms with Gasteiger partial charge < -0.3 is 5.32 Å². The summed E-state index contributed by atoms with van der Waals surface area (Å²) in [7, 11) is 0. The number of ketones is 1. The van der Waals surface area contributed by atoms with Gasteiger partial charge in [-0.05, 0) is 36.1 Å². The molecule has 24 heavy (non-hydrogen) atoms. The van der Waals surface area contributed by atoms with Crippen molar-refractivity contribution in [1.29, 1.82) is 0 Å². The van der Waals surface area contributed by atoms with Gasteiger partial charge in [0, 0.05) is 11.3 Å². The van der Waals surface area contributed by atoms with Gasteiger partial charge in [-0.1, -0.05) is 50.2 Å². The Bertz CT molecular complexity index is 708. The van der Waals surface area contributed by atoms with Gasteiger partial charge in [0.1, 0.15) is 0 Å². The van der Waals surface area contributed by atoms with E-state index in [-0.39, 0.29) is 17.4 Å². The monoisotopic (exact) mass is 341 g/mol. The SMILES string of the molecule is Cc1cccc(NC(=O)CSCC(=O)c2ccc(C(C)C)cc2)c1. The van der Waals surface area contributed by atoms with E-state index in [4.69, 9.17) is 0 Å². The van der Waals surface area contributed by atoms with E-state index >= 15 is 0 Å². The first-order chi connectivity index (χ1) is 11.5. The molecule has 0 aromatic heterocycles. The number of carbonyl (C=O) groups excluding carboxylic acids is 2. The first kappa shape index (κ1) is 18.3. The second-order valence-electron chi connectivity index (χ2n) is 6.11. The fourth-order valence-electron chi connectivity index (χ4n) is 2.29. The molecule has 0 atom stereocenters. The van der Waals surface area contributed by atoms with E-state index in [1.54, 1.807) is 0 Å². The topological polar surface area (TPSA) is 46.2 Å². The standard InChI is InChI=1S/C20H23NO2S/c1-14(2)16-7-9-17(10-8-16)19(22)12-24-13-20(23)21-18-6-4-5-15(3)11-18/h4-11,14H,12-13H2,1-3H3,(H,21,23). The van der Waals surface area contributed by atoms with Crippen LogP contribution in [0.1, 0.15) is 41.3 Å². The van der Waals surface area contributed by atoms with Gasteiger partial charge in [-0.25, -0.2) is 0 Å². The average molecular weight is 341 g/mol. The number of amides is 1. The van der Waals surface area contributed by atoms with Crippen LogP contribution >= 0.6 is 11.8 Å². The molecular formula is C20H23NO2S. The highest BCUT2D eigenvalue weighted by Gasteiger charge is 2.09. The van der Waals surface area contributed by atoms with E-state index in [0.717, 1.165) is 11.3 Å².